The van der Waals surface area contributed by atoms with Gasteiger partial charge in [-0.05, 0) is 49.2 Å². The Kier molecular flexibility index (Phi) is 7.55. The van der Waals surface area contributed by atoms with Crippen molar-refractivity contribution in [3.05, 3.63) is 53.8 Å². The molecule has 0 aliphatic carbocycles. The molecule has 156 valence electrons. The highest BCUT2D eigenvalue weighted by Crippen LogP contribution is 2.29. The number of amides is 2. The first-order valence-corrected chi connectivity index (χ1v) is 8.84. The van der Waals surface area contributed by atoms with E-state index in [1.54, 1.807) is 18.2 Å². The molecule has 1 heterocycles. The Balaban J connectivity index is 0.00000300. The number of hydrogen-bond donors (Lipinski definition) is 3. The van der Waals surface area contributed by atoms with Crippen LogP contribution in [0.2, 0.25) is 0 Å². The highest BCUT2D eigenvalue weighted by molar-refractivity contribution is 6.06. The predicted molar refractivity (Wildman–Crippen MR) is 110 cm³/mol. The van der Waals surface area contributed by atoms with Crippen molar-refractivity contribution in [3.63, 3.8) is 0 Å². The molecule has 2 aromatic carbocycles. The molecule has 1 aliphatic heterocycles. The third-order valence-electron chi connectivity index (χ3n) is 4.63. The van der Waals surface area contributed by atoms with Crippen LogP contribution in [-0.2, 0) is 9.53 Å². The number of ether oxygens (including phenoxy) is 2. The summed E-state index contributed by atoms with van der Waals surface area (Å²) >= 11 is 0. The molecule has 1 aliphatic rings. The molecular formula is C20H23ClFN3O4. The van der Waals surface area contributed by atoms with Gasteiger partial charge in [-0.3, -0.25) is 9.59 Å². The summed E-state index contributed by atoms with van der Waals surface area (Å²) in [6, 6.07) is 10.2. The maximum absolute atomic E-state index is 13.4. The number of methoxy groups -OCH3 is 1. The summed E-state index contributed by atoms with van der Waals surface area (Å²) < 4.78 is 23.9. The number of rotatable bonds is 5. The molecule has 0 aromatic heterocycles. The average Bonchev–Trinajstić information content (AvgIpc) is 2.69. The van der Waals surface area contributed by atoms with E-state index in [0.29, 0.717) is 43.2 Å². The molecule has 0 bridgehead atoms. The van der Waals surface area contributed by atoms with E-state index in [2.05, 4.69) is 10.6 Å². The minimum absolute atomic E-state index is 0. The van der Waals surface area contributed by atoms with Crippen molar-refractivity contribution < 1.29 is 23.5 Å². The monoisotopic (exact) mass is 423 g/mol. The molecule has 2 amide bonds. The first kappa shape index (κ1) is 22.6. The van der Waals surface area contributed by atoms with Gasteiger partial charge in [-0.1, -0.05) is 6.07 Å². The maximum Gasteiger partial charge on any atom is 0.255 e. The van der Waals surface area contributed by atoms with Crippen LogP contribution in [0.5, 0.6) is 5.75 Å². The molecule has 1 fully saturated rings. The molecule has 1 saturated heterocycles. The molecule has 2 aromatic rings. The fourth-order valence-corrected chi connectivity index (χ4v) is 2.93. The van der Waals surface area contributed by atoms with Gasteiger partial charge in [0.2, 0.25) is 5.91 Å². The minimum atomic E-state index is -0.997. The van der Waals surface area contributed by atoms with Crippen LogP contribution in [0.15, 0.2) is 42.5 Å². The molecule has 0 spiro atoms. The Labute approximate surface area is 174 Å². The first-order chi connectivity index (χ1) is 13.4. The van der Waals surface area contributed by atoms with Gasteiger partial charge in [0.1, 0.15) is 17.1 Å². The van der Waals surface area contributed by atoms with Crippen LogP contribution in [0, 0.1) is 5.82 Å². The fourth-order valence-electron chi connectivity index (χ4n) is 2.93. The van der Waals surface area contributed by atoms with Crippen molar-refractivity contribution in [1.82, 2.24) is 0 Å². The summed E-state index contributed by atoms with van der Waals surface area (Å²) in [5, 5.41) is 5.45. The zero-order valence-corrected chi connectivity index (χ0v) is 16.7. The Morgan fingerprint density at radius 1 is 1.14 bits per heavy atom. The van der Waals surface area contributed by atoms with E-state index in [-0.39, 0.29) is 23.9 Å². The molecule has 0 unspecified atom stereocenters. The molecule has 0 atom stereocenters. The normalized spacial score (nSPS) is 15.0. The van der Waals surface area contributed by atoms with Crippen LogP contribution in [0.1, 0.15) is 23.2 Å². The van der Waals surface area contributed by atoms with Gasteiger partial charge in [-0.15, -0.1) is 12.4 Å². The van der Waals surface area contributed by atoms with Crippen LogP contribution >= 0.6 is 12.4 Å². The summed E-state index contributed by atoms with van der Waals surface area (Å²) in [4.78, 5) is 25.0. The van der Waals surface area contributed by atoms with Gasteiger partial charge in [-0.2, -0.15) is 0 Å². The molecule has 9 heteroatoms. The topological polar surface area (TPSA) is 103 Å². The van der Waals surface area contributed by atoms with E-state index in [0.717, 1.165) is 6.07 Å². The summed E-state index contributed by atoms with van der Waals surface area (Å²) in [6.07, 6.45) is 0.857. The summed E-state index contributed by atoms with van der Waals surface area (Å²) in [6.45, 7) is 0.864. The summed E-state index contributed by atoms with van der Waals surface area (Å²) in [5.41, 5.74) is 6.16. The standard InChI is InChI=1S/C20H22FN3O4.ClH/c1-27-17-6-5-15(23-19(26)20(22)7-9-28-10-8-20)12-16(17)24-18(25)13-3-2-4-14(21)11-13;/h2-6,11-12H,7-10,22H2,1H3,(H,23,26)(H,24,25);1H. The van der Waals surface area contributed by atoms with E-state index in [4.69, 9.17) is 15.2 Å². The molecule has 0 saturated carbocycles. The number of nitrogens with two attached hydrogens (primary N) is 1. The van der Waals surface area contributed by atoms with Gasteiger partial charge in [-0.25, -0.2) is 4.39 Å². The van der Waals surface area contributed by atoms with Crippen LogP contribution in [-0.4, -0.2) is 37.7 Å². The Morgan fingerprint density at radius 3 is 2.52 bits per heavy atom. The Hall–Kier alpha value is -2.68. The van der Waals surface area contributed by atoms with E-state index >= 15 is 0 Å². The predicted octanol–water partition coefficient (Wildman–Crippen LogP) is 2.95. The van der Waals surface area contributed by atoms with Gasteiger partial charge < -0.3 is 25.8 Å². The van der Waals surface area contributed by atoms with Gasteiger partial charge in [0.05, 0.1) is 12.8 Å². The average molecular weight is 424 g/mol. The fraction of sp³-hybridized carbons (Fsp3) is 0.300. The van der Waals surface area contributed by atoms with Crippen molar-refractivity contribution in [2.24, 2.45) is 5.73 Å². The number of benzene rings is 2. The number of halogens is 2. The first-order valence-electron chi connectivity index (χ1n) is 8.84. The smallest absolute Gasteiger partial charge is 0.255 e. The van der Waals surface area contributed by atoms with Crippen molar-refractivity contribution in [2.75, 3.05) is 31.0 Å². The second kappa shape index (κ2) is 9.69. The van der Waals surface area contributed by atoms with Crippen molar-refractivity contribution in [1.29, 1.82) is 0 Å². The van der Waals surface area contributed by atoms with Crippen LogP contribution in [0.25, 0.3) is 0 Å². The molecule has 0 radical (unpaired) electrons. The van der Waals surface area contributed by atoms with E-state index in [1.165, 1.54) is 25.3 Å². The van der Waals surface area contributed by atoms with E-state index < -0.39 is 17.3 Å². The van der Waals surface area contributed by atoms with Gasteiger partial charge in [0, 0.05) is 24.5 Å². The lowest BCUT2D eigenvalue weighted by Gasteiger charge is -2.31. The minimum Gasteiger partial charge on any atom is -0.495 e. The van der Waals surface area contributed by atoms with Crippen LogP contribution in [0.4, 0.5) is 15.8 Å². The largest absolute Gasteiger partial charge is 0.495 e. The highest BCUT2D eigenvalue weighted by atomic mass is 35.5. The van der Waals surface area contributed by atoms with Crippen LogP contribution < -0.4 is 21.1 Å². The summed E-state index contributed by atoms with van der Waals surface area (Å²) in [5.74, 6) is -0.925. The number of carbonyl (C=O) groups is 2. The van der Waals surface area contributed by atoms with Gasteiger partial charge >= 0.3 is 0 Å². The molecule has 3 rings (SSSR count). The third kappa shape index (κ3) is 5.44. The number of carbonyl (C=O) groups excluding carboxylic acids is 2. The second-order valence-corrected chi connectivity index (χ2v) is 6.60. The third-order valence-corrected chi connectivity index (χ3v) is 4.63. The molecule has 7 nitrogen and oxygen atoms in total. The molecule has 29 heavy (non-hydrogen) atoms. The zero-order valence-electron chi connectivity index (χ0n) is 15.9. The highest BCUT2D eigenvalue weighted by Gasteiger charge is 2.36. The summed E-state index contributed by atoms with van der Waals surface area (Å²) in [7, 11) is 1.46. The van der Waals surface area contributed by atoms with Crippen LogP contribution in [0.3, 0.4) is 0 Å². The van der Waals surface area contributed by atoms with Crippen molar-refractivity contribution in [2.45, 2.75) is 18.4 Å². The van der Waals surface area contributed by atoms with Crippen molar-refractivity contribution in [3.8, 4) is 5.75 Å². The lowest BCUT2D eigenvalue weighted by Crippen LogP contribution is -2.54. The Bertz CT molecular complexity index is 888. The van der Waals surface area contributed by atoms with E-state index in [9.17, 15) is 14.0 Å². The molecular weight excluding hydrogens is 401 g/mol. The quantitative estimate of drug-likeness (QED) is 0.686. The number of hydrogen-bond acceptors (Lipinski definition) is 5. The van der Waals surface area contributed by atoms with Gasteiger partial charge in [0.25, 0.3) is 5.91 Å². The number of nitrogens with one attached hydrogen (secondary N) is 2. The lowest BCUT2D eigenvalue weighted by molar-refractivity contribution is -0.124. The second-order valence-electron chi connectivity index (χ2n) is 6.60. The molecule has 4 N–H and O–H groups in total. The lowest BCUT2D eigenvalue weighted by atomic mass is 9.90. The van der Waals surface area contributed by atoms with E-state index in [1.807, 2.05) is 0 Å². The Morgan fingerprint density at radius 2 is 1.86 bits per heavy atom. The zero-order chi connectivity index (χ0) is 20.1. The SMILES string of the molecule is COc1ccc(NC(=O)C2(N)CCOCC2)cc1NC(=O)c1cccc(F)c1.Cl. The number of anilines is 2. The maximum atomic E-state index is 13.4. The van der Waals surface area contributed by atoms with Crippen molar-refractivity contribution >= 4 is 35.6 Å². The van der Waals surface area contributed by atoms with Gasteiger partial charge in [0.15, 0.2) is 0 Å².